The largest absolute Gasteiger partial charge is 0.441 e. The van der Waals surface area contributed by atoms with Crippen molar-refractivity contribution in [3.05, 3.63) is 102 Å². The SMILES string of the molecule is Cc1ccc(C(=O)N(C)c2ccc(OC(=O)CCc3ncc(-c4ccc(C)cc4)o3)cc2)cc1. The van der Waals surface area contributed by atoms with Crippen molar-refractivity contribution in [2.24, 2.45) is 0 Å². The number of amides is 1. The van der Waals surface area contributed by atoms with Crippen LogP contribution < -0.4 is 9.64 Å². The summed E-state index contributed by atoms with van der Waals surface area (Å²) in [6.07, 6.45) is 2.15. The molecule has 172 valence electrons. The van der Waals surface area contributed by atoms with Crippen LogP contribution in [0.15, 0.2) is 83.4 Å². The summed E-state index contributed by atoms with van der Waals surface area (Å²) in [5, 5.41) is 0. The highest BCUT2D eigenvalue weighted by Gasteiger charge is 2.14. The summed E-state index contributed by atoms with van der Waals surface area (Å²) in [6.45, 7) is 4.00. The maximum atomic E-state index is 12.7. The number of esters is 1. The third-order valence-electron chi connectivity index (χ3n) is 5.49. The molecule has 0 fully saturated rings. The third-order valence-corrected chi connectivity index (χ3v) is 5.49. The first-order valence-corrected chi connectivity index (χ1v) is 11.1. The molecular weight excluding hydrogens is 428 g/mol. The van der Waals surface area contributed by atoms with E-state index >= 15 is 0 Å². The molecule has 0 spiro atoms. The van der Waals surface area contributed by atoms with E-state index in [0.717, 1.165) is 11.1 Å². The van der Waals surface area contributed by atoms with Crippen LogP contribution in [0, 0.1) is 13.8 Å². The molecule has 4 aromatic rings. The van der Waals surface area contributed by atoms with Gasteiger partial charge in [-0.1, -0.05) is 47.5 Å². The van der Waals surface area contributed by atoms with Crippen molar-refractivity contribution in [2.75, 3.05) is 11.9 Å². The fraction of sp³-hybridized carbons (Fsp3) is 0.179. The maximum Gasteiger partial charge on any atom is 0.311 e. The molecule has 3 aromatic carbocycles. The highest BCUT2D eigenvalue weighted by molar-refractivity contribution is 6.05. The molecule has 6 heteroatoms. The van der Waals surface area contributed by atoms with E-state index in [1.165, 1.54) is 5.56 Å². The first kappa shape index (κ1) is 23.0. The van der Waals surface area contributed by atoms with Crippen molar-refractivity contribution in [3.63, 3.8) is 0 Å². The molecule has 0 unspecified atom stereocenters. The number of benzene rings is 3. The topological polar surface area (TPSA) is 72.6 Å². The van der Waals surface area contributed by atoms with E-state index in [1.54, 1.807) is 42.4 Å². The zero-order valence-electron chi connectivity index (χ0n) is 19.4. The molecule has 6 nitrogen and oxygen atoms in total. The molecule has 0 saturated carbocycles. The van der Waals surface area contributed by atoms with Gasteiger partial charge in [0, 0.05) is 30.3 Å². The standard InChI is InChI=1S/C28H26N2O4/c1-19-4-8-21(9-5-19)25-18-29-26(34-25)16-17-27(31)33-24-14-12-23(13-15-24)30(3)28(32)22-10-6-20(2)7-11-22/h4-15,18H,16-17H2,1-3H3. The fourth-order valence-corrected chi connectivity index (χ4v) is 3.41. The van der Waals surface area contributed by atoms with Crippen LogP contribution in [0.4, 0.5) is 5.69 Å². The summed E-state index contributed by atoms with van der Waals surface area (Å²) >= 11 is 0. The first-order valence-electron chi connectivity index (χ1n) is 11.1. The summed E-state index contributed by atoms with van der Waals surface area (Å²) < 4.78 is 11.2. The van der Waals surface area contributed by atoms with Crippen LogP contribution in [0.25, 0.3) is 11.3 Å². The number of oxazole rings is 1. The molecule has 1 heterocycles. The number of hydrogen-bond acceptors (Lipinski definition) is 5. The van der Waals surface area contributed by atoms with E-state index in [9.17, 15) is 9.59 Å². The summed E-state index contributed by atoms with van der Waals surface area (Å²) in [4.78, 5) is 30.8. The Morgan fingerprint density at radius 1 is 0.882 bits per heavy atom. The molecule has 34 heavy (non-hydrogen) atoms. The number of hydrogen-bond donors (Lipinski definition) is 0. The van der Waals surface area contributed by atoms with Crippen LogP contribution in [0.3, 0.4) is 0 Å². The van der Waals surface area contributed by atoms with E-state index in [-0.39, 0.29) is 18.3 Å². The van der Waals surface area contributed by atoms with E-state index in [4.69, 9.17) is 9.15 Å². The van der Waals surface area contributed by atoms with Crippen molar-refractivity contribution < 1.29 is 18.7 Å². The highest BCUT2D eigenvalue weighted by Crippen LogP contribution is 2.23. The number of nitrogens with zero attached hydrogens (tertiary/aromatic N) is 2. The van der Waals surface area contributed by atoms with E-state index < -0.39 is 0 Å². The number of anilines is 1. The molecular formula is C28H26N2O4. The van der Waals surface area contributed by atoms with Crippen LogP contribution in [-0.2, 0) is 11.2 Å². The van der Waals surface area contributed by atoms with Gasteiger partial charge < -0.3 is 14.1 Å². The lowest BCUT2D eigenvalue weighted by atomic mass is 10.1. The Morgan fingerprint density at radius 2 is 1.50 bits per heavy atom. The van der Waals surface area contributed by atoms with Crippen LogP contribution in [0.5, 0.6) is 5.75 Å². The average Bonchev–Trinajstić information content (AvgIpc) is 3.32. The second-order valence-corrected chi connectivity index (χ2v) is 8.18. The van der Waals surface area contributed by atoms with E-state index in [2.05, 4.69) is 4.98 Å². The lowest BCUT2D eigenvalue weighted by Crippen LogP contribution is -2.26. The van der Waals surface area contributed by atoms with E-state index in [0.29, 0.717) is 35.1 Å². The van der Waals surface area contributed by atoms with Gasteiger partial charge in [0.2, 0.25) is 0 Å². The number of aromatic nitrogens is 1. The van der Waals surface area contributed by atoms with Gasteiger partial charge in [0.15, 0.2) is 11.7 Å². The van der Waals surface area contributed by atoms with Crippen LogP contribution in [-0.4, -0.2) is 23.9 Å². The fourth-order valence-electron chi connectivity index (χ4n) is 3.41. The second kappa shape index (κ2) is 10.2. The normalized spacial score (nSPS) is 10.7. The Bertz CT molecular complexity index is 1270. The molecule has 0 saturated heterocycles. The van der Waals surface area contributed by atoms with Crippen molar-refractivity contribution in [1.29, 1.82) is 0 Å². The van der Waals surface area contributed by atoms with Gasteiger partial charge in [-0.3, -0.25) is 9.59 Å². The number of aryl methyl sites for hydroxylation is 3. The number of ether oxygens (including phenoxy) is 1. The second-order valence-electron chi connectivity index (χ2n) is 8.18. The van der Waals surface area contributed by atoms with Crippen molar-refractivity contribution in [2.45, 2.75) is 26.7 Å². The Morgan fingerprint density at radius 3 is 2.15 bits per heavy atom. The molecule has 1 aromatic heterocycles. The Hall–Kier alpha value is -4.19. The average molecular weight is 455 g/mol. The molecule has 4 rings (SSSR count). The first-order chi connectivity index (χ1) is 16.4. The molecule has 0 N–H and O–H groups in total. The maximum absolute atomic E-state index is 12.7. The van der Waals surface area contributed by atoms with E-state index in [1.807, 2.05) is 62.4 Å². The summed E-state index contributed by atoms with van der Waals surface area (Å²) in [5.41, 5.74) is 4.52. The minimum Gasteiger partial charge on any atom is -0.441 e. The van der Waals surface area contributed by atoms with Gasteiger partial charge in [-0.05, 0) is 50.2 Å². The molecule has 0 aliphatic heterocycles. The lowest BCUT2D eigenvalue weighted by Gasteiger charge is -2.18. The van der Waals surface area contributed by atoms with Gasteiger partial charge in [0.1, 0.15) is 5.75 Å². The molecule has 0 aliphatic rings. The molecule has 0 radical (unpaired) electrons. The van der Waals surface area contributed by atoms with Crippen molar-refractivity contribution >= 4 is 17.6 Å². The van der Waals surface area contributed by atoms with Crippen LogP contribution in [0.2, 0.25) is 0 Å². The van der Waals surface area contributed by atoms with Gasteiger partial charge in [-0.2, -0.15) is 0 Å². The molecule has 0 atom stereocenters. The van der Waals surface area contributed by atoms with Crippen molar-refractivity contribution in [3.8, 4) is 17.1 Å². The summed E-state index contributed by atoms with van der Waals surface area (Å²) in [5.74, 6) is 1.08. The van der Waals surface area contributed by atoms with Gasteiger partial charge in [0.25, 0.3) is 5.91 Å². The zero-order valence-corrected chi connectivity index (χ0v) is 19.4. The quantitative estimate of drug-likeness (QED) is 0.262. The van der Waals surface area contributed by atoms with Gasteiger partial charge >= 0.3 is 5.97 Å². The minimum atomic E-state index is -0.382. The van der Waals surface area contributed by atoms with Crippen molar-refractivity contribution in [1.82, 2.24) is 4.98 Å². The number of rotatable bonds is 7. The molecule has 0 bridgehead atoms. The molecule has 1 amide bonds. The number of carbonyl (C=O) groups excluding carboxylic acids is 2. The van der Waals surface area contributed by atoms with Gasteiger partial charge in [-0.15, -0.1) is 0 Å². The summed E-state index contributed by atoms with van der Waals surface area (Å²) in [7, 11) is 1.71. The Kier molecular flexibility index (Phi) is 6.87. The predicted molar refractivity (Wildman–Crippen MR) is 131 cm³/mol. The lowest BCUT2D eigenvalue weighted by molar-refractivity contribution is -0.134. The van der Waals surface area contributed by atoms with Gasteiger partial charge in [0.05, 0.1) is 12.6 Å². The smallest absolute Gasteiger partial charge is 0.311 e. The molecule has 0 aliphatic carbocycles. The monoisotopic (exact) mass is 454 g/mol. The Labute approximate surface area is 198 Å². The highest BCUT2D eigenvalue weighted by atomic mass is 16.5. The number of carbonyl (C=O) groups is 2. The zero-order chi connectivity index (χ0) is 24.1. The summed E-state index contributed by atoms with van der Waals surface area (Å²) in [6, 6.07) is 22.2. The van der Waals surface area contributed by atoms with Gasteiger partial charge in [-0.25, -0.2) is 4.98 Å². The predicted octanol–water partition coefficient (Wildman–Crippen LogP) is 5.77. The Balaban J connectivity index is 1.30. The van der Waals surface area contributed by atoms with Crippen LogP contribution in [0.1, 0.15) is 33.8 Å². The third kappa shape index (κ3) is 5.59. The minimum absolute atomic E-state index is 0.110. The van der Waals surface area contributed by atoms with Crippen LogP contribution >= 0.6 is 0 Å².